The van der Waals surface area contributed by atoms with E-state index in [4.69, 9.17) is 4.42 Å². The van der Waals surface area contributed by atoms with E-state index in [1.54, 1.807) is 12.1 Å². The second-order valence-corrected chi connectivity index (χ2v) is 5.53. The number of nitrogens with one attached hydrogen (secondary N) is 1. The summed E-state index contributed by atoms with van der Waals surface area (Å²) < 4.78 is 5.52. The van der Waals surface area contributed by atoms with Crippen molar-refractivity contribution in [2.24, 2.45) is 0 Å². The number of oxazole rings is 1. The minimum absolute atomic E-state index is 0.0348. The molecule has 1 fully saturated rings. The molecule has 0 amide bonds. The third-order valence-electron chi connectivity index (χ3n) is 3.96. The molecule has 1 heterocycles. The summed E-state index contributed by atoms with van der Waals surface area (Å²) in [6.45, 7) is 2.82. The summed E-state index contributed by atoms with van der Waals surface area (Å²) in [6, 6.07) is 6.07. The van der Waals surface area contributed by atoms with E-state index in [1.807, 2.05) is 0 Å². The smallest absolute Gasteiger partial charge is 0.298 e. The summed E-state index contributed by atoms with van der Waals surface area (Å²) in [5.74, 6) is 0. The van der Waals surface area contributed by atoms with E-state index in [-0.39, 0.29) is 11.2 Å². The van der Waals surface area contributed by atoms with Crippen LogP contribution < -0.4 is 5.32 Å². The summed E-state index contributed by atoms with van der Waals surface area (Å²) in [4.78, 5) is 17.0. The number of aromatic nitrogens is 1. The zero-order valence-electron chi connectivity index (χ0n) is 12.1. The maximum Gasteiger partial charge on any atom is 0.298 e. The highest BCUT2D eigenvalue weighted by Gasteiger charge is 2.29. The van der Waals surface area contributed by atoms with Crippen LogP contribution in [0.3, 0.4) is 0 Å². The molecule has 1 aliphatic carbocycles. The summed E-state index contributed by atoms with van der Waals surface area (Å²) in [5, 5.41) is 14.1. The number of anilines is 1. The minimum atomic E-state index is -0.446. The molecule has 21 heavy (non-hydrogen) atoms. The van der Waals surface area contributed by atoms with Crippen molar-refractivity contribution in [1.82, 2.24) is 9.88 Å². The lowest BCUT2D eigenvalue weighted by Gasteiger charge is -2.24. The quantitative estimate of drug-likeness (QED) is 0.650. The van der Waals surface area contributed by atoms with Gasteiger partial charge in [0.2, 0.25) is 0 Å². The summed E-state index contributed by atoms with van der Waals surface area (Å²) >= 11 is 0. The van der Waals surface area contributed by atoms with Gasteiger partial charge in [-0.15, -0.1) is 0 Å². The Bertz CT molecular complexity index is 665. The van der Waals surface area contributed by atoms with Gasteiger partial charge in [0.05, 0.1) is 4.92 Å². The molecule has 1 unspecified atom stereocenters. The molecule has 0 spiro atoms. The number of rotatable bonds is 6. The molecular formula is C14H18N4O3. The first-order valence-corrected chi connectivity index (χ1v) is 7.06. The molecule has 0 saturated heterocycles. The Balaban J connectivity index is 1.72. The number of para-hydroxylation sites is 1. The molecule has 1 N–H and O–H groups in total. The van der Waals surface area contributed by atoms with Crippen LogP contribution in [0.4, 0.5) is 11.7 Å². The predicted molar refractivity (Wildman–Crippen MR) is 79.4 cm³/mol. The number of benzene rings is 1. The average Bonchev–Trinajstić information content (AvgIpc) is 3.22. The number of non-ortho nitro benzene ring substituents is 1. The van der Waals surface area contributed by atoms with Gasteiger partial charge in [0.25, 0.3) is 11.7 Å². The molecule has 1 aromatic heterocycles. The van der Waals surface area contributed by atoms with E-state index in [9.17, 15) is 10.1 Å². The van der Waals surface area contributed by atoms with Crippen molar-refractivity contribution in [3.05, 3.63) is 28.3 Å². The van der Waals surface area contributed by atoms with Gasteiger partial charge in [-0.2, -0.15) is 4.98 Å². The van der Waals surface area contributed by atoms with Crippen LogP contribution in [0, 0.1) is 10.1 Å². The van der Waals surface area contributed by atoms with Gasteiger partial charge in [-0.05, 0) is 32.9 Å². The molecule has 2 aromatic rings. The number of hydrogen-bond acceptors (Lipinski definition) is 6. The van der Waals surface area contributed by atoms with Gasteiger partial charge in [0, 0.05) is 24.7 Å². The Morgan fingerprint density at radius 1 is 1.57 bits per heavy atom. The van der Waals surface area contributed by atoms with Crippen molar-refractivity contribution in [3.8, 4) is 0 Å². The number of hydrogen-bond donors (Lipinski definition) is 1. The maximum absolute atomic E-state index is 11.0. The Morgan fingerprint density at radius 2 is 2.33 bits per heavy atom. The minimum Gasteiger partial charge on any atom is -0.423 e. The van der Waals surface area contributed by atoms with Crippen molar-refractivity contribution in [3.63, 3.8) is 0 Å². The van der Waals surface area contributed by atoms with Crippen molar-refractivity contribution in [2.75, 3.05) is 18.9 Å². The number of likely N-dealkylation sites (N-methyl/N-ethyl adjacent to an activating group) is 1. The van der Waals surface area contributed by atoms with Gasteiger partial charge in [-0.3, -0.25) is 15.0 Å². The predicted octanol–water partition coefficient (Wildman–Crippen LogP) is 2.63. The second kappa shape index (κ2) is 5.33. The first-order chi connectivity index (χ1) is 10.1. The molecule has 1 saturated carbocycles. The van der Waals surface area contributed by atoms with Crippen molar-refractivity contribution in [2.45, 2.75) is 31.8 Å². The number of nitrogens with zero attached hydrogens (tertiary/aromatic N) is 3. The zero-order chi connectivity index (χ0) is 15.0. The van der Waals surface area contributed by atoms with Crippen LogP contribution >= 0.6 is 0 Å². The highest BCUT2D eigenvalue weighted by atomic mass is 16.6. The Kier molecular flexibility index (Phi) is 3.50. The molecule has 0 radical (unpaired) electrons. The molecule has 7 nitrogen and oxygen atoms in total. The van der Waals surface area contributed by atoms with E-state index in [0.717, 1.165) is 0 Å². The summed E-state index contributed by atoms with van der Waals surface area (Å²) in [6.07, 6.45) is 2.52. The molecule has 0 aliphatic heterocycles. The first kappa shape index (κ1) is 13.8. The fraction of sp³-hybridized carbons (Fsp3) is 0.500. The van der Waals surface area contributed by atoms with Crippen LogP contribution in [0.2, 0.25) is 0 Å². The van der Waals surface area contributed by atoms with Crippen LogP contribution in [-0.4, -0.2) is 40.5 Å². The van der Waals surface area contributed by atoms with Gasteiger partial charge >= 0.3 is 0 Å². The van der Waals surface area contributed by atoms with E-state index in [2.05, 4.69) is 29.2 Å². The maximum atomic E-state index is 11.0. The molecule has 1 aliphatic rings. The van der Waals surface area contributed by atoms with Gasteiger partial charge < -0.3 is 9.73 Å². The van der Waals surface area contributed by atoms with Crippen LogP contribution in [0.1, 0.15) is 19.8 Å². The molecule has 7 heteroatoms. The Hall–Kier alpha value is -2.15. The summed E-state index contributed by atoms with van der Waals surface area (Å²) in [7, 11) is 2.11. The third-order valence-corrected chi connectivity index (χ3v) is 3.96. The normalized spacial score (nSPS) is 16.3. The molecule has 112 valence electrons. The average molecular weight is 290 g/mol. The fourth-order valence-corrected chi connectivity index (χ4v) is 2.38. The SMILES string of the molecule is CC(CNc1nc2c([N+](=O)[O-])cccc2o1)N(C)C1CC1. The topological polar surface area (TPSA) is 84.4 Å². The fourth-order valence-electron chi connectivity index (χ4n) is 2.38. The zero-order valence-corrected chi connectivity index (χ0v) is 12.1. The van der Waals surface area contributed by atoms with Gasteiger partial charge in [0.1, 0.15) is 0 Å². The third kappa shape index (κ3) is 2.82. The van der Waals surface area contributed by atoms with E-state index < -0.39 is 4.92 Å². The molecule has 1 aromatic carbocycles. The Morgan fingerprint density at radius 3 is 3.00 bits per heavy atom. The second-order valence-electron chi connectivity index (χ2n) is 5.53. The van der Waals surface area contributed by atoms with Gasteiger partial charge in [-0.1, -0.05) is 6.07 Å². The van der Waals surface area contributed by atoms with E-state index in [0.29, 0.717) is 30.2 Å². The highest BCUT2D eigenvalue weighted by Crippen LogP contribution is 2.28. The molecule has 0 bridgehead atoms. The van der Waals surface area contributed by atoms with Crippen LogP contribution in [0.5, 0.6) is 0 Å². The first-order valence-electron chi connectivity index (χ1n) is 7.06. The standard InChI is InChI=1S/C14H18N4O3/c1-9(17(2)10-6-7-10)8-15-14-16-13-11(18(19)20)4-3-5-12(13)21-14/h3-5,9-10H,6-8H2,1-2H3,(H,15,16). The number of nitro benzene ring substituents is 1. The Labute approximate surface area is 122 Å². The lowest BCUT2D eigenvalue weighted by Crippen LogP contribution is -2.36. The van der Waals surface area contributed by atoms with Crippen LogP contribution in [0.25, 0.3) is 11.1 Å². The molecule has 3 rings (SSSR count). The van der Waals surface area contributed by atoms with E-state index in [1.165, 1.54) is 18.9 Å². The lowest BCUT2D eigenvalue weighted by molar-refractivity contribution is -0.383. The van der Waals surface area contributed by atoms with Crippen LogP contribution in [0.15, 0.2) is 22.6 Å². The number of fused-ring (bicyclic) bond motifs is 1. The summed E-state index contributed by atoms with van der Waals surface area (Å²) in [5.41, 5.74) is 0.676. The number of nitro groups is 1. The largest absolute Gasteiger partial charge is 0.423 e. The van der Waals surface area contributed by atoms with Crippen molar-refractivity contribution < 1.29 is 9.34 Å². The van der Waals surface area contributed by atoms with Crippen LogP contribution in [-0.2, 0) is 0 Å². The van der Waals surface area contributed by atoms with Gasteiger partial charge in [-0.25, -0.2) is 0 Å². The van der Waals surface area contributed by atoms with Gasteiger partial charge in [0.15, 0.2) is 11.1 Å². The van der Waals surface area contributed by atoms with E-state index >= 15 is 0 Å². The molecule has 1 atom stereocenters. The van der Waals surface area contributed by atoms with Crippen molar-refractivity contribution >= 4 is 22.8 Å². The lowest BCUT2D eigenvalue weighted by atomic mass is 10.3. The molecular weight excluding hydrogens is 272 g/mol. The van der Waals surface area contributed by atoms with Crippen molar-refractivity contribution in [1.29, 1.82) is 0 Å². The highest BCUT2D eigenvalue weighted by molar-refractivity contribution is 5.83. The monoisotopic (exact) mass is 290 g/mol.